The van der Waals surface area contributed by atoms with Crippen molar-refractivity contribution in [3.8, 4) is 22.5 Å². The summed E-state index contributed by atoms with van der Waals surface area (Å²) < 4.78 is 12.2. The molecule has 10 heteroatoms. The third-order valence-corrected chi connectivity index (χ3v) is 5.81. The van der Waals surface area contributed by atoms with Crippen molar-refractivity contribution in [3.05, 3.63) is 71.3 Å². The molecule has 0 amide bonds. The van der Waals surface area contributed by atoms with Crippen molar-refractivity contribution in [2.75, 3.05) is 14.2 Å². The second-order valence-corrected chi connectivity index (χ2v) is 8.67. The van der Waals surface area contributed by atoms with Crippen molar-refractivity contribution < 1.29 is 19.4 Å². The Kier molecular flexibility index (Phi) is 6.77. The number of tetrazole rings is 1. The molecule has 0 spiro atoms. The number of imidazole rings is 1. The summed E-state index contributed by atoms with van der Waals surface area (Å²) in [5.74, 6) is 0.503. The summed E-state index contributed by atoms with van der Waals surface area (Å²) in [4.78, 5) is 17.0. The standard InChI is InChI=1S/C25H28N6O4/c1-15(34-4)23-26-20(24(32)35-5)21(25(2,3)33)31(23)14-16-10-12-17(13-11-16)18-8-6-7-9-19(18)22-27-29-30-28-22/h6-13,15,33H,14H2,1-5H3,(H,27,28,29,30). The summed E-state index contributed by atoms with van der Waals surface area (Å²) in [6.45, 7) is 5.45. The molecule has 1 atom stereocenters. The summed E-state index contributed by atoms with van der Waals surface area (Å²) >= 11 is 0. The minimum atomic E-state index is -1.34. The minimum absolute atomic E-state index is 0.0742. The number of hydrogen-bond acceptors (Lipinski definition) is 8. The van der Waals surface area contributed by atoms with Crippen LogP contribution in [0.1, 0.15) is 54.4 Å². The number of nitrogens with zero attached hydrogens (tertiary/aromatic N) is 5. The van der Waals surface area contributed by atoms with Gasteiger partial charge in [0.25, 0.3) is 0 Å². The average molecular weight is 477 g/mol. The smallest absolute Gasteiger partial charge is 0.358 e. The van der Waals surface area contributed by atoms with Gasteiger partial charge in [-0.05, 0) is 47.9 Å². The molecule has 0 radical (unpaired) electrons. The van der Waals surface area contributed by atoms with Gasteiger partial charge in [0, 0.05) is 19.2 Å². The summed E-state index contributed by atoms with van der Waals surface area (Å²) in [6.07, 6.45) is -0.406. The van der Waals surface area contributed by atoms with Crippen LogP contribution in [0.15, 0.2) is 48.5 Å². The molecule has 0 aliphatic rings. The monoisotopic (exact) mass is 476 g/mol. The first-order chi connectivity index (χ1) is 16.7. The zero-order valence-electron chi connectivity index (χ0n) is 20.3. The Labute approximate surface area is 202 Å². The van der Waals surface area contributed by atoms with E-state index < -0.39 is 17.7 Å². The van der Waals surface area contributed by atoms with Crippen molar-refractivity contribution in [2.24, 2.45) is 0 Å². The molecule has 4 aromatic rings. The summed E-state index contributed by atoms with van der Waals surface area (Å²) in [5.41, 5.74) is 2.93. The van der Waals surface area contributed by atoms with Gasteiger partial charge in [-0.25, -0.2) is 14.9 Å². The third-order valence-electron chi connectivity index (χ3n) is 5.81. The summed E-state index contributed by atoms with van der Waals surface area (Å²) in [5, 5.41) is 25.1. The lowest BCUT2D eigenvalue weighted by atomic mass is 9.98. The number of H-pyrrole nitrogens is 1. The molecular weight excluding hydrogens is 448 g/mol. The lowest BCUT2D eigenvalue weighted by Gasteiger charge is -2.23. The van der Waals surface area contributed by atoms with Gasteiger partial charge >= 0.3 is 5.97 Å². The van der Waals surface area contributed by atoms with Gasteiger partial charge in [0.15, 0.2) is 11.5 Å². The molecule has 182 valence electrons. The number of esters is 1. The number of aliphatic hydroxyl groups is 1. The van der Waals surface area contributed by atoms with Gasteiger partial charge in [-0.3, -0.25) is 0 Å². The van der Waals surface area contributed by atoms with Gasteiger partial charge in [0.2, 0.25) is 0 Å². The number of aromatic nitrogens is 6. The number of carbonyl (C=O) groups excluding carboxylic acids is 1. The second-order valence-electron chi connectivity index (χ2n) is 8.67. The molecule has 0 fully saturated rings. The molecule has 0 bridgehead atoms. The van der Waals surface area contributed by atoms with Crippen LogP contribution >= 0.6 is 0 Å². The highest BCUT2D eigenvalue weighted by molar-refractivity contribution is 5.89. The van der Waals surface area contributed by atoms with Crippen LogP contribution in [-0.4, -0.2) is 55.5 Å². The fraction of sp³-hybridized carbons (Fsp3) is 0.320. The van der Waals surface area contributed by atoms with E-state index in [2.05, 4.69) is 25.6 Å². The predicted molar refractivity (Wildman–Crippen MR) is 128 cm³/mol. The zero-order valence-corrected chi connectivity index (χ0v) is 20.3. The fourth-order valence-corrected chi connectivity index (χ4v) is 4.09. The molecule has 2 N–H and O–H groups in total. The van der Waals surface area contributed by atoms with Gasteiger partial charge in [0.05, 0.1) is 12.8 Å². The van der Waals surface area contributed by atoms with Crippen LogP contribution in [-0.2, 0) is 21.6 Å². The first-order valence-corrected chi connectivity index (χ1v) is 11.1. The molecule has 0 aliphatic heterocycles. The number of nitrogens with one attached hydrogen (secondary N) is 1. The van der Waals surface area contributed by atoms with Crippen LogP contribution in [0.5, 0.6) is 0 Å². The Balaban J connectivity index is 1.74. The van der Waals surface area contributed by atoms with E-state index in [1.165, 1.54) is 7.11 Å². The number of carbonyl (C=O) groups is 1. The quantitative estimate of drug-likeness (QED) is 0.370. The van der Waals surface area contributed by atoms with Crippen LogP contribution in [0.4, 0.5) is 0 Å². The van der Waals surface area contributed by atoms with E-state index >= 15 is 0 Å². The summed E-state index contributed by atoms with van der Waals surface area (Å²) in [6, 6.07) is 15.9. The van der Waals surface area contributed by atoms with Gasteiger partial charge in [-0.1, -0.05) is 48.5 Å². The number of ether oxygens (including phenoxy) is 2. The topological polar surface area (TPSA) is 128 Å². The Bertz CT molecular complexity index is 1310. The number of rotatable bonds is 8. The van der Waals surface area contributed by atoms with Crippen molar-refractivity contribution in [1.82, 2.24) is 30.2 Å². The minimum Gasteiger partial charge on any atom is -0.464 e. The molecule has 1 unspecified atom stereocenters. The number of aromatic amines is 1. The Morgan fingerprint density at radius 1 is 1.11 bits per heavy atom. The first kappa shape index (κ1) is 24.2. The van der Waals surface area contributed by atoms with Gasteiger partial charge in [0.1, 0.15) is 17.5 Å². The second kappa shape index (κ2) is 9.77. The van der Waals surface area contributed by atoms with E-state index in [9.17, 15) is 9.90 Å². The largest absolute Gasteiger partial charge is 0.464 e. The number of hydrogen-bond donors (Lipinski definition) is 2. The Morgan fingerprint density at radius 3 is 2.37 bits per heavy atom. The molecular formula is C25H28N6O4. The van der Waals surface area contributed by atoms with Crippen molar-refractivity contribution in [1.29, 1.82) is 0 Å². The maximum atomic E-state index is 12.5. The molecule has 0 saturated heterocycles. The van der Waals surface area contributed by atoms with Gasteiger partial charge < -0.3 is 19.1 Å². The Hall–Kier alpha value is -3.89. The zero-order chi connectivity index (χ0) is 25.2. The van der Waals surface area contributed by atoms with Crippen LogP contribution in [0, 0.1) is 0 Å². The Morgan fingerprint density at radius 2 is 1.80 bits per heavy atom. The maximum Gasteiger partial charge on any atom is 0.358 e. The van der Waals surface area contributed by atoms with E-state index in [0.29, 0.717) is 23.9 Å². The van der Waals surface area contributed by atoms with E-state index in [1.807, 2.05) is 60.0 Å². The molecule has 2 aromatic carbocycles. The first-order valence-electron chi connectivity index (χ1n) is 11.1. The van der Waals surface area contributed by atoms with Crippen LogP contribution in [0.3, 0.4) is 0 Å². The van der Waals surface area contributed by atoms with Crippen molar-refractivity contribution in [3.63, 3.8) is 0 Å². The molecule has 0 aliphatic carbocycles. The fourth-order valence-electron chi connectivity index (χ4n) is 4.09. The molecule has 35 heavy (non-hydrogen) atoms. The lowest BCUT2D eigenvalue weighted by molar-refractivity contribution is 0.0524. The molecule has 2 heterocycles. The summed E-state index contributed by atoms with van der Waals surface area (Å²) in [7, 11) is 2.86. The molecule has 0 saturated carbocycles. The normalized spacial score (nSPS) is 12.5. The van der Waals surface area contributed by atoms with Gasteiger partial charge in [-0.2, -0.15) is 0 Å². The van der Waals surface area contributed by atoms with Crippen LogP contribution < -0.4 is 0 Å². The highest BCUT2D eigenvalue weighted by Gasteiger charge is 2.34. The van der Waals surface area contributed by atoms with Crippen molar-refractivity contribution >= 4 is 5.97 Å². The average Bonchev–Trinajstić information content (AvgIpc) is 3.52. The lowest BCUT2D eigenvalue weighted by Crippen LogP contribution is -2.25. The predicted octanol–water partition coefficient (Wildman–Crippen LogP) is 3.50. The molecule has 10 nitrogen and oxygen atoms in total. The van der Waals surface area contributed by atoms with E-state index in [1.54, 1.807) is 21.0 Å². The van der Waals surface area contributed by atoms with Crippen molar-refractivity contribution in [2.45, 2.75) is 39.0 Å². The van der Waals surface area contributed by atoms with E-state index in [0.717, 1.165) is 22.3 Å². The van der Waals surface area contributed by atoms with Crippen LogP contribution in [0.2, 0.25) is 0 Å². The SMILES string of the molecule is COC(=O)c1nc(C(C)OC)n(Cc2ccc(-c3ccccc3-c3nnn[nH]3)cc2)c1C(C)(C)O. The highest BCUT2D eigenvalue weighted by atomic mass is 16.5. The molecule has 4 rings (SSSR count). The number of benzene rings is 2. The maximum absolute atomic E-state index is 12.5. The third kappa shape index (κ3) is 4.84. The van der Waals surface area contributed by atoms with E-state index in [4.69, 9.17) is 9.47 Å². The molecule has 2 aromatic heterocycles. The van der Waals surface area contributed by atoms with Gasteiger partial charge in [-0.15, -0.1) is 5.10 Å². The number of methoxy groups -OCH3 is 2. The van der Waals surface area contributed by atoms with E-state index in [-0.39, 0.29) is 5.69 Å². The van der Waals surface area contributed by atoms with Crippen LogP contribution in [0.25, 0.3) is 22.5 Å². The highest BCUT2D eigenvalue weighted by Crippen LogP contribution is 2.32.